The molecule has 0 saturated heterocycles. The van der Waals surface area contributed by atoms with Crippen molar-refractivity contribution in [3.8, 4) is 23.1 Å². The first kappa shape index (κ1) is 24.2. The molecular weight excluding hydrogens is 442 g/mol. The summed E-state index contributed by atoms with van der Waals surface area (Å²) in [5.41, 5.74) is 1.52. The van der Waals surface area contributed by atoms with Crippen molar-refractivity contribution in [2.45, 2.75) is 18.5 Å². The van der Waals surface area contributed by atoms with Crippen LogP contribution >= 0.6 is 11.8 Å². The number of benzene rings is 2. The maximum Gasteiger partial charge on any atom is 0.338 e. The summed E-state index contributed by atoms with van der Waals surface area (Å²) in [7, 11) is 3.24. The average Bonchev–Trinajstić information content (AvgIpc) is 2.84. The lowest BCUT2D eigenvalue weighted by Crippen LogP contribution is -2.08. The number of nitrogens with one attached hydrogen (secondary N) is 1. The lowest BCUT2D eigenvalue weighted by atomic mass is 10.1. The van der Waals surface area contributed by atoms with Crippen molar-refractivity contribution in [3.05, 3.63) is 59.7 Å². The molecule has 174 valence electrons. The quantitative estimate of drug-likeness (QED) is 0.241. The Morgan fingerprint density at radius 1 is 1.03 bits per heavy atom. The van der Waals surface area contributed by atoms with Crippen molar-refractivity contribution in [3.63, 3.8) is 0 Å². The normalized spacial score (nSPS) is 10.4. The monoisotopic (exact) mass is 469 g/mol. The number of carbonyl (C=O) groups is 1. The van der Waals surface area contributed by atoms with Gasteiger partial charge in [-0.15, -0.1) is 0 Å². The first-order valence-corrected chi connectivity index (χ1v) is 11.6. The number of ether oxygens (including phenoxy) is 4. The van der Waals surface area contributed by atoms with E-state index in [1.165, 1.54) is 11.8 Å². The number of hydrogen-bond acceptors (Lipinski definition) is 9. The molecule has 9 heteroatoms. The number of thioether (sulfide) groups is 1. The van der Waals surface area contributed by atoms with E-state index in [9.17, 15) is 4.79 Å². The number of anilines is 1. The fourth-order valence-corrected chi connectivity index (χ4v) is 3.40. The Hall–Kier alpha value is -3.46. The van der Waals surface area contributed by atoms with Gasteiger partial charge < -0.3 is 24.3 Å². The maximum atomic E-state index is 12.0. The average molecular weight is 470 g/mol. The van der Waals surface area contributed by atoms with E-state index in [1.54, 1.807) is 51.5 Å². The highest BCUT2D eigenvalue weighted by molar-refractivity contribution is 7.98. The van der Waals surface area contributed by atoms with Gasteiger partial charge in [0.15, 0.2) is 16.7 Å². The molecule has 0 spiro atoms. The van der Waals surface area contributed by atoms with Gasteiger partial charge in [0.2, 0.25) is 5.88 Å². The predicted octanol–water partition coefficient (Wildman–Crippen LogP) is 4.84. The topological polar surface area (TPSA) is 91.8 Å². The summed E-state index contributed by atoms with van der Waals surface area (Å²) in [5, 5.41) is 3.89. The van der Waals surface area contributed by atoms with E-state index in [1.807, 2.05) is 24.5 Å². The van der Waals surface area contributed by atoms with E-state index in [0.29, 0.717) is 52.8 Å². The van der Waals surface area contributed by atoms with E-state index in [2.05, 4.69) is 15.3 Å². The molecule has 0 aliphatic heterocycles. The molecule has 0 aliphatic rings. The van der Waals surface area contributed by atoms with E-state index in [-0.39, 0.29) is 0 Å². The zero-order valence-electron chi connectivity index (χ0n) is 19.1. The predicted molar refractivity (Wildman–Crippen MR) is 128 cm³/mol. The van der Waals surface area contributed by atoms with Crippen molar-refractivity contribution in [2.75, 3.05) is 38.9 Å². The SMILES string of the molecule is CCOC(=O)c1cccc(Oc2cc(NCCc3ccc(OC)c(OC)c3)nc(SC)n2)c1. The van der Waals surface area contributed by atoms with Crippen molar-refractivity contribution in [1.82, 2.24) is 9.97 Å². The maximum absolute atomic E-state index is 12.0. The fraction of sp³-hybridized carbons (Fsp3) is 0.292. The van der Waals surface area contributed by atoms with Crippen molar-refractivity contribution < 1.29 is 23.7 Å². The molecule has 0 amide bonds. The zero-order valence-corrected chi connectivity index (χ0v) is 19.9. The summed E-state index contributed by atoms with van der Waals surface area (Å²) in [6, 6.07) is 14.4. The highest BCUT2D eigenvalue weighted by atomic mass is 32.2. The Kier molecular flexibility index (Phi) is 8.77. The number of aromatic nitrogens is 2. The Balaban J connectivity index is 1.69. The van der Waals surface area contributed by atoms with Crippen LogP contribution in [0.1, 0.15) is 22.8 Å². The number of methoxy groups -OCH3 is 2. The minimum atomic E-state index is -0.395. The Bertz CT molecular complexity index is 1090. The van der Waals surface area contributed by atoms with Crippen molar-refractivity contribution >= 4 is 23.5 Å². The summed E-state index contributed by atoms with van der Waals surface area (Å²) in [6.07, 6.45) is 2.66. The Morgan fingerprint density at radius 3 is 2.58 bits per heavy atom. The molecule has 3 aromatic rings. The third-order valence-electron chi connectivity index (χ3n) is 4.60. The number of rotatable bonds is 11. The molecule has 0 unspecified atom stereocenters. The second-order valence-electron chi connectivity index (χ2n) is 6.79. The van der Waals surface area contributed by atoms with Crippen molar-refractivity contribution in [1.29, 1.82) is 0 Å². The standard InChI is InChI=1S/C24H27N3O5S/c1-5-31-23(28)17-7-6-8-18(14-17)32-22-15-21(26-24(27-22)33-4)25-12-11-16-9-10-19(29-2)20(13-16)30-3/h6-10,13-15H,5,11-12H2,1-4H3,(H,25,26,27). The van der Waals surface area contributed by atoms with Gasteiger partial charge in [0.25, 0.3) is 0 Å². The summed E-state index contributed by atoms with van der Waals surface area (Å²) in [5.74, 6) is 2.51. The largest absolute Gasteiger partial charge is 0.493 e. The second-order valence-corrected chi connectivity index (χ2v) is 7.57. The molecule has 0 atom stereocenters. The molecule has 33 heavy (non-hydrogen) atoms. The third-order valence-corrected chi connectivity index (χ3v) is 5.15. The van der Waals surface area contributed by atoms with Gasteiger partial charge in [0, 0.05) is 12.6 Å². The number of nitrogens with zero attached hydrogens (tertiary/aromatic N) is 2. The molecule has 8 nitrogen and oxygen atoms in total. The first-order chi connectivity index (χ1) is 16.1. The minimum Gasteiger partial charge on any atom is -0.493 e. The molecule has 1 aromatic heterocycles. The molecule has 0 radical (unpaired) electrons. The van der Waals surface area contributed by atoms with Gasteiger partial charge in [-0.3, -0.25) is 0 Å². The van der Waals surface area contributed by atoms with E-state index in [0.717, 1.165) is 12.0 Å². The van der Waals surface area contributed by atoms with Gasteiger partial charge in [-0.05, 0) is 55.5 Å². The van der Waals surface area contributed by atoms with E-state index in [4.69, 9.17) is 18.9 Å². The minimum absolute atomic E-state index is 0.311. The lowest BCUT2D eigenvalue weighted by molar-refractivity contribution is 0.0526. The Labute approximate surface area is 197 Å². The van der Waals surface area contributed by atoms with Gasteiger partial charge in [-0.1, -0.05) is 23.9 Å². The van der Waals surface area contributed by atoms with E-state index < -0.39 is 5.97 Å². The van der Waals surface area contributed by atoms with Crippen LogP contribution in [0.3, 0.4) is 0 Å². The van der Waals surface area contributed by atoms with Crippen LogP contribution in [0, 0.1) is 0 Å². The van der Waals surface area contributed by atoms with Crippen LogP contribution in [0.15, 0.2) is 53.7 Å². The van der Waals surface area contributed by atoms with Crippen LogP contribution in [0.2, 0.25) is 0 Å². The highest BCUT2D eigenvalue weighted by Crippen LogP contribution is 2.28. The van der Waals surface area contributed by atoms with Gasteiger partial charge in [0.1, 0.15) is 11.6 Å². The van der Waals surface area contributed by atoms with E-state index >= 15 is 0 Å². The molecule has 1 N–H and O–H groups in total. The summed E-state index contributed by atoms with van der Waals surface area (Å²) in [6.45, 7) is 2.73. The first-order valence-electron chi connectivity index (χ1n) is 10.4. The number of carbonyl (C=O) groups excluding carboxylic acids is 1. The molecule has 0 aliphatic carbocycles. The third kappa shape index (κ3) is 6.76. The second kappa shape index (κ2) is 12.0. The summed E-state index contributed by atoms with van der Waals surface area (Å²) < 4.78 is 21.6. The van der Waals surface area contributed by atoms with Crippen LogP contribution < -0.4 is 19.5 Å². The van der Waals surface area contributed by atoms with Crippen LogP contribution in [-0.4, -0.2) is 49.6 Å². The lowest BCUT2D eigenvalue weighted by Gasteiger charge is -2.12. The van der Waals surface area contributed by atoms with Gasteiger partial charge >= 0.3 is 5.97 Å². The smallest absolute Gasteiger partial charge is 0.338 e. The Morgan fingerprint density at radius 2 is 1.85 bits per heavy atom. The molecule has 2 aromatic carbocycles. The summed E-state index contributed by atoms with van der Waals surface area (Å²) >= 11 is 1.41. The van der Waals surface area contributed by atoms with Crippen LogP contribution in [0.4, 0.5) is 5.82 Å². The van der Waals surface area contributed by atoms with Gasteiger partial charge in [0.05, 0.1) is 26.4 Å². The molecule has 0 fully saturated rings. The molecule has 0 bridgehead atoms. The molecule has 1 heterocycles. The summed E-state index contributed by atoms with van der Waals surface area (Å²) in [4.78, 5) is 20.9. The fourth-order valence-electron chi connectivity index (χ4n) is 3.03. The van der Waals surface area contributed by atoms with Crippen LogP contribution in [0.25, 0.3) is 0 Å². The highest BCUT2D eigenvalue weighted by Gasteiger charge is 2.11. The number of esters is 1. The van der Waals surface area contributed by atoms with Gasteiger partial charge in [-0.25, -0.2) is 9.78 Å². The van der Waals surface area contributed by atoms with Crippen LogP contribution in [0.5, 0.6) is 23.1 Å². The zero-order chi connectivity index (χ0) is 23.6. The number of hydrogen-bond donors (Lipinski definition) is 1. The molecular formula is C24H27N3O5S. The van der Waals surface area contributed by atoms with Crippen LogP contribution in [-0.2, 0) is 11.2 Å². The molecule has 3 rings (SSSR count). The van der Waals surface area contributed by atoms with Gasteiger partial charge in [-0.2, -0.15) is 4.98 Å². The molecule has 0 saturated carbocycles. The van der Waals surface area contributed by atoms with Crippen molar-refractivity contribution in [2.24, 2.45) is 0 Å².